The van der Waals surface area contributed by atoms with Gasteiger partial charge in [-0.25, -0.2) is 5.43 Å². The lowest BCUT2D eigenvalue weighted by Gasteiger charge is -2.11. The van der Waals surface area contributed by atoms with E-state index in [0.29, 0.717) is 5.02 Å². The second kappa shape index (κ2) is 8.67. The number of carbonyl (C=O) groups excluding carboxylic acids is 2. The number of rotatable bonds is 5. The molecule has 2 aromatic rings. The normalized spacial score (nSPS) is 12.2. The molecule has 1 heterocycles. The molecule has 1 atom stereocenters. The molecule has 0 bridgehead atoms. The summed E-state index contributed by atoms with van der Waals surface area (Å²) in [5, 5.41) is 7.13. The van der Waals surface area contributed by atoms with E-state index in [9.17, 15) is 9.59 Å². The molecule has 7 heteroatoms. The minimum Gasteiger partial charge on any atom is -0.345 e. The van der Waals surface area contributed by atoms with Crippen LogP contribution in [0.4, 0.5) is 0 Å². The van der Waals surface area contributed by atoms with Crippen LogP contribution in [0.1, 0.15) is 37.2 Å². The molecule has 2 amide bonds. The van der Waals surface area contributed by atoms with Gasteiger partial charge in [-0.2, -0.15) is 5.10 Å². The average molecular weight is 375 g/mol. The van der Waals surface area contributed by atoms with Gasteiger partial charge in [-0.3, -0.25) is 9.59 Å². The molecule has 138 valence electrons. The van der Waals surface area contributed by atoms with Crippen molar-refractivity contribution >= 4 is 29.6 Å². The molecule has 0 spiro atoms. The van der Waals surface area contributed by atoms with E-state index >= 15 is 0 Å². The molecule has 0 saturated carbocycles. The van der Waals surface area contributed by atoms with Crippen molar-refractivity contribution in [1.82, 2.24) is 15.3 Å². The van der Waals surface area contributed by atoms with Crippen molar-refractivity contribution in [3.63, 3.8) is 0 Å². The Morgan fingerprint density at radius 3 is 2.62 bits per heavy atom. The number of aryl methyl sites for hydroxylation is 1. The molecule has 0 saturated heterocycles. The predicted octanol–water partition coefficient (Wildman–Crippen LogP) is 3.11. The van der Waals surface area contributed by atoms with Crippen LogP contribution in [0.2, 0.25) is 5.02 Å². The van der Waals surface area contributed by atoms with Crippen LogP contribution in [0.15, 0.2) is 35.4 Å². The number of aromatic nitrogens is 1. The van der Waals surface area contributed by atoms with Crippen molar-refractivity contribution < 1.29 is 9.59 Å². The molecule has 26 heavy (non-hydrogen) atoms. The molecule has 0 aliphatic rings. The van der Waals surface area contributed by atoms with Crippen LogP contribution in [0.5, 0.6) is 0 Å². The predicted molar refractivity (Wildman–Crippen MR) is 104 cm³/mol. The first-order chi connectivity index (χ1) is 12.3. The molecule has 6 nitrogen and oxygen atoms in total. The Hall–Kier alpha value is -2.60. The van der Waals surface area contributed by atoms with Crippen LogP contribution in [-0.4, -0.2) is 28.6 Å². The topological polar surface area (TPSA) is 75.5 Å². The fourth-order valence-corrected chi connectivity index (χ4v) is 2.74. The number of benzene rings is 1. The minimum atomic E-state index is -0.790. The third-order valence-electron chi connectivity index (χ3n) is 4.13. The number of hydrazone groups is 1. The number of amides is 2. The number of nitrogens with one attached hydrogen (secondary N) is 2. The monoisotopic (exact) mass is 374 g/mol. The van der Waals surface area contributed by atoms with Gasteiger partial charge >= 0.3 is 11.8 Å². The SMILES string of the molecule is CC[C@@H](C)NC(=O)C(=O)N/N=C\c1cc(C)n(-c2ccccc2Cl)c1C. The average Bonchev–Trinajstić information content (AvgIpc) is 2.89. The molecule has 2 rings (SSSR count). The fourth-order valence-electron chi connectivity index (χ4n) is 2.52. The largest absolute Gasteiger partial charge is 0.345 e. The minimum absolute atomic E-state index is 0.0632. The van der Waals surface area contributed by atoms with E-state index in [1.165, 1.54) is 6.21 Å². The Balaban J connectivity index is 2.13. The van der Waals surface area contributed by atoms with Gasteiger partial charge in [0.05, 0.1) is 16.9 Å². The molecule has 0 unspecified atom stereocenters. The molecular formula is C19H23ClN4O2. The second-order valence-electron chi connectivity index (χ2n) is 6.10. The van der Waals surface area contributed by atoms with Gasteiger partial charge in [-0.1, -0.05) is 30.7 Å². The van der Waals surface area contributed by atoms with Crippen molar-refractivity contribution in [3.8, 4) is 5.69 Å². The maximum atomic E-state index is 11.7. The Bertz CT molecular complexity index is 842. The van der Waals surface area contributed by atoms with E-state index in [2.05, 4.69) is 15.8 Å². The van der Waals surface area contributed by atoms with E-state index in [1.54, 1.807) is 0 Å². The van der Waals surface area contributed by atoms with E-state index < -0.39 is 11.8 Å². The van der Waals surface area contributed by atoms with Gasteiger partial charge in [0.1, 0.15) is 0 Å². The Kier molecular flexibility index (Phi) is 6.58. The summed E-state index contributed by atoms with van der Waals surface area (Å²) in [5.41, 5.74) is 5.86. The van der Waals surface area contributed by atoms with E-state index in [4.69, 9.17) is 11.6 Å². The van der Waals surface area contributed by atoms with Gasteiger partial charge in [0.2, 0.25) is 0 Å². The number of nitrogens with zero attached hydrogens (tertiary/aromatic N) is 2. The summed E-state index contributed by atoms with van der Waals surface area (Å²) in [6.45, 7) is 7.66. The summed E-state index contributed by atoms with van der Waals surface area (Å²) in [6, 6.07) is 9.44. The number of hydrogen-bond acceptors (Lipinski definition) is 3. The highest BCUT2D eigenvalue weighted by atomic mass is 35.5. The van der Waals surface area contributed by atoms with Gasteiger partial charge in [-0.15, -0.1) is 0 Å². The molecular weight excluding hydrogens is 352 g/mol. The standard InChI is InChI=1S/C19H23ClN4O2/c1-5-12(2)22-18(25)19(26)23-21-11-15-10-13(3)24(14(15)4)17-9-7-6-8-16(17)20/h6-12H,5H2,1-4H3,(H,22,25)(H,23,26)/b21-11-/t12-/m1/s1. The van der Waals surface area contributed by atoms with Crippen molar-refractivity contribution in [2.45, 2.75) is 40.2 Å². The van der Waals surface area contributed by atoms with Crippen molar-refractivity contribution in [2.75, 3.05) is 0 Å². The Labute approximate surface area is 158 Å². The first-order valence-corrected chi connectivity index (χ1v) is 8.80. The zero-order valence-electron chi connectivity index (χ0n) is 15.3. The van der Waals surface area contributed by atoms with Gasteiger partial charge in [0, 0.05) is 23.0 Å². The van der Waals surface area contributed by atoms with Gasteiger partial charge in [0.15, 0.2) is 0 Å². The highest BCUT2D eigenvalue weighted by Gasteiger charge is 2.15. The van der Waals surface area contributed by atoms with Crippen LogP contribution in [0.25, 0.3) is 5.69 Å². The van der Waals surface area contributed by atoms with Crippen LogP contribution < -0.4 is 10.7 Å². The van der Waals surface area contributed by atoms with Crippen LogP contribution in [0.3, 0.4) is 0 Å². The Morgan fingerprint density at radius 1 is 1.27 bits per heavy atom. The highest BCUT2D eigenvalue weighted by molar-refractivity contribution is 6.35. The molecule has 1 aromatic carbocycles. The van der Waals surface area contributed by atoms with Gasteiger partial charge < -0.3 is 9.88 Å². The highest BCUT2D eigenvalue weighted by Crippen LogP contribution is 2.25. The third kappa shape index (κ3) is 4.52. The molecule has 1 aromatic heterocycles. The van der Waals surface area contributed by atoms with Crippen LogP contribution >= 0.6 is 11.6 Å². The lowest BCUT2D eigenvalue weighted by atomic mass is 10.2. The molecule has 0 radical (unpaired) electrons. The lowest BCUT2D eigenvalue weighted by molar-refractivity contribution is -0.139. The van der Waals surface area contributed by atoms with Crippen molar-refractivity contribution in [3.05, 3.63) is 52.3 Å². The zero-order valence-corrected chi connectivity index (χ0v) is 16.1. The zero-order chi connectivity index (χ0) is 19.3. The van der Waals surface area contributed by atoms with Crippen LogP contribution in [0, 0.1) is 13.8 Å². The summed E-state index contributed by atoms with van der Waals surface area (Å²) in [5.74, 6) is -1.49. The van der Waals surface area contributed by atoms with Crippen LogP contribution in [-0.2, 0) is 9.59 Å². The maximum Gasteiger partial charge on any atom is 0.329 e. The van der Waals surface area contributed by atoms with Crippen molar-refractivity contribution in [1.29, 1.82) is 0 Å². The smallest absolute Gasteiger partial charge is 0.329 e. The molecule has 0 aliphatic carbocycles. The fraction of sp³-hybridized carbons (Fsp3) is 0.316. The first kappa shape index (κ1) is 19.7. The summed E-state index contributed by atoms with van der Waals surface area (Å²) in [4.78, 5) is 23.4. The number of halogens is 1. The summed E-state index contributed by atoms with van der Waals surface area (Å²) >= 11 is 6.29. The molecule has 2 N–H and O–H groups in total. The van der Waals surface area contributed by atoms with E-state index in [-0.39, 0.29) is 6.04 Å². The maximum absolute atomic E-state index is 11.7. The lowest BCUT2D eigenvalue weighted by Crippen LogP contribution is -2.41. The first-order valence-electron chi connectivity index (χ1n) is 8.42. The van der Waals surface area contributed by atoms with E-state index in [1.807, 2.05) is 62.6 Å². The number of hydrogen-bond donors (Lipinski definition) is 2. The second-order valence-corrected chi connectivity index (χ2v) is 6.50. The van der Waals surface area contributed by atoms with Gasteiger partial charge in [-0.05, 0) is 45.4 Å². The Morgan fingerprint density at radius 2 is 1.96 bits per heavy atom. The van der Waals surface area contributed by atoms with E-state index in [0.717, 1.165) is 29.1 Å². The number of para-hydroxylation sites is 1. The molecule has 0 fully saturated rings. The van der Waals surface area contributed by atoms with Crippen molar-refractivity contribution in [2.24, 2.45) is 5.10 Å². The quantitative estimate of drug-likeness (QED) is 0.479. The van der Waals surface area contributed by atoms with Gasteiger partial charge in [0.25, 0.3) is 0 Å². The third-order valence-corrected chi connectivity index (χ3v) is 4.45. The summed E-state index contributed by atoms with van der Waals surface area (Å²) < 4.78 is 2.02. The number of carbonyl (C=O) groups is 2. The summed E-state index contributed by atoms with van der Waals surface area (Å²) in [7, 11) is 0. The summed E-state index contributed by atoms with van der Waals surface area (Å²) in [6.07, 6.45) is 2.26. The molecule has 0 aliphatic heterocycles.